The summed E-state index contributed by atoms with van der Waals surface area (Å²) < 4.78 is 6.25. The van der Waals surface area contributed by atoms with Gasteiger partial charge in [0.2, 0.25) is 0 Å². The van der Waals surface area contributed by atoms with Gasteiger partial charge in [-0.3, -0.25) is 0 Å². The molecular weight excluding hydrogens is 651 g/mol. The highest BCUT2D eigenvalue weighted by atomic mass is 32.2. The van der Waals surface area contributed by atoms with Crippen LogP contribution in [0.1, 0.15) is 23.1 Å². The maximum absolute atomic E-state index is 6.25. The van der Waals surface area contributed by atoms with Crippen molar-refractivity contribution in [2.24, 2.45) is 0 Å². The van der Waals surface area contributed by atoms with E-state index < -0.39 is 0 Å². The van der Waals surface area contributed by atoms with Crippen molar-refractivity contribution in [3.05, 3.63) is 187 Å². The molecule has 7 aromatic carbocycles. The van der Waals surface area contributed by atoms with Crippen molar-refractivity contribution < 1.29 is 4.42 Å². The molecule has 1 N–H and O–H groups in total. The summed E-state index contributed by atoms with van der Waals surface area (Å²) in [6, 6.07) is 56.8. The lowest BCUT2D eigenvalue weighted by molar-refractivity contribution is 0.669. The van der Waals surface area contributed by atoms with Gasteiger partial charge in [-0.05, 0) is 135 Å². The lowest BCUT2D eigenvalue weighted by atomic mass is 9.85. The van der Waals surface area contributed by atoms with Crippen LogP contribution in [0, 0.1) is 6.92 Å². The van der Waals surface area contributed by atoms with Gasteiger partial charge in [-0.15, -0.1) is 11.8 Å². The molecule has 1 aliphatic heterocycles. The highest BCUT2D eigenvalue weighted by Crippen LogP contribution is 2.50. The molecule has 0 radical (unpaired) electrons. The quantitative estimate of drug-likeness (QED) is 0.189. The van der Waals surface area contributed by atoms with E-state index in [9.17, 15) is 0 Å². The molecule has 2 heterocycles. The molecule has 0 spiro atoms. The predicted molar refractivity (Wildman–Crippen MR) is 221 cm³/mol. The van der Waals surface area contributed by atoms with E-state index in [1.54, 1.807) is 0 Å². The summed E-state index contributed by atoms with van der Waals surface area (Å²) in [5.74, 6) is 0. The Kier molecular flexibility index (Phi) is 7.47. The smallest absolute Gasteiger partial charge is 0.137 e. The number of nitrogens with one attached hydrogen (secondary N) is 1. The first-order chi connectivity index (χ1) is 25.7. The number of para-hydroxylation sites is 1. The Morgan fingerprint density at radius 3 is 2.19 bits per heavy atom. The fourth-order valence-corrected chi connectivity index (χ4v) is 9.26. The first-order valence-electron chi connectivity index (χ1n) is 17.9. The van der Waals surface area contributed by atoms with Crippen LogP contribution in [0.2, 0.25) is 0 Å². The highest BCUT2D eigenvalue weighted by molar-refractivity contribution is 8.00. The molecule has 1 aromatic heterocycles. The molecule has 0 amide bonds. The first kappa shape index (κ1) is 30.8. The van der Waals surface area contributed by atoms with Gasteiger partial charge in [-0.2, -0.15) is 0 Å². The molecule has 1 unspecified atom stereocenters. The number of hydrogen-bond acceptors (Lipinski definition) is 3. The van der Waals surface area contributed by atoms with E-state index in [-0.39, 0.29) is 0 Å². The van der Waals surface area contributed by atoms with Gasteiger partial charge < -0.3 is 9.73 Å². The van der Waals surface area contributed by atoms with E-state index in [1.165, 1.54) is 66.1 Å². The molecule has 2 aliphatic rings. The molecule has 0 fully saturated rings. The monoisotopic (exact) mass is 685 g/mol. The Morgan fingerprint density at radius 2 is 1.31 bits per heavy atom. The second-order valence-electron chi connectivity index (χ2n) is 13.7. The number of aryl methyl sites for hydroxylation is 1. The highest BCUT2D eigenvalue weighted by Gasteiger charge is 2.29. The molecular formula is C49H35NOS. The van der Waals surface area contributed by atoms with Gasteiger partial charge in [0, 0.05) is 21.2 Å². The fraction of sp³-hybridized carbons (Fsp3) is 0.0612. The summed E-state index contributed by atoms with van der Waals surface area (Å²) in [5, 5.41) is 6.49. The minimum Gasteiger partial charge on any atom is -0.456 e. The van der Waals surface area contributed by atoms with Gasteiger partial charge in [-0.1, -0.05) is 109 Å². The third kappa shape index (κ3) is 5.37. The average molecular weight is 686 g/mol. The molecule has 0 saturated heterocycles. The number of benzene rings is 7. The summed E-state index contributed by atoms with van der Waals surface area (Å²) >= 11 is 1.99. The second-order valence-corrected chi connectivity index (χ2v) is 15.0. The van der Waals surface area contributed by atoms with E-state index in [0.29, 0.717) is 5.25 Å². The van der Waals surface area contributed by atoms with Crippen LogP contribution in [0.25, 0.3) is 66.5 Å². The predicted octanol–water partition coefficient (Wildman–Crippen LogP) is 14.0. The van der Waals surface area contributed by atoms with E-state index in [1.807, 2.05) is 30.0 Å². The molecule has 1 aliphatic carbocycles. The van der Waals surface area contributed by atoms with Crippen LogP contribution in [-0.4, -0.2) is 5.25 Å². The van der Waals surface area contributed by atoms with Crippen molar-refractivity contribution in [3.8, 4) is 33.4 Å². The van der Waals surface area contributed by atoms with E-state index in [2.05, 4.69) is 164 Å². The molecule has 248 valence electrons. The summed E-state index contributed by atoms with van der Waals surface area (Å²) in [6.07, 6.45) is 5.90. The Hall–Kier alpha value is -6.03. The summed E-state index contributed by atoms with van der Waals surface area (Å²) in [6.45, 7) is 2.20. The zero-order valence-electron chi connectivity index (χ0n) is 28.8. The molecule has 10 rings (SSSR count). The van der Waals surface area contributed by atoms with Crippen molar-refractivity contribution >= 4 is 56.2 Å². The molecule has 1 atom stereocenters. The molecule has 0 saturated carbocycles. The molecule has 8 aromatic rings. The number of anilines is 2. The molecule has 0 bridgehead atoms. The van der Waals surface area contributed by atoms with E-state index >= 15 is 0 Å². The minimum atomic E-state index is 0.463. The van der Waals surface area contributed by atoms with Crippen LogP contribution in [-0.2, 0) is 0 Å². The van der Waals surface area contributed by atoms with Crippen LogP contribution < -0.4 is 5.32 Å². The fourth-order valence-electron chi connectivity index (χ4n) is 7.97. The molecule has 3 heteroatoms. The van der Waals surface area contributed by atoms with Gasteiger partial charge >= 0.3 is 0 Å². The lowest BCUT2D eigenvalue weighted by Gasteiger charge is -2.21. The van der Waals surface area contributed by atoms with Gasteiger partial charge in [0.25, 0.3) is 0 Å². The first-order valence-corrected chi connectivity index (χ1v) is 18.8. The lowest BCUT2D eigenvalue weighted by Crippen LogP contribution is -2.04. The van der Waals surface area contributed by atoms with Crippen molar-refractivity contribution in [1.82, 2.24) is 0 Å². The zero-order valence-corrected chi connectivity index (χ0v) is 29.6. The van der Waals surface area contributed by atoms with Gasteiger partial charge in [0.15, 0.2) is 0 Å². The van der Waals surface area contributed by atoms with Crippen molar-refractivity contribution in [2.75, 3.05) is 5.32 Å². The summed E-state index contributed by atoms with van der Waals surface area (Å²) in [5.41, 5.74) is 17.7. The number of furan rings is 1. The van der Waals surface area contributed by atoms with Gasteiger partial charge in [0.1, 0.15) is 11.2 Å². The van der Waals surface area contributed by atoms with Crippen LogP contribution in [0.3, 0.4) is 0 Å². The van der Waals surface area contributed by atoms with Gasteiger partial charge in [0.05, 0.1) is 11.1 Å². The maximum Gasteiger partial charge on any atom is 0.137 e. The number of fused-ring (bicyclic) bond motifs is 6. The number of allylic oxidation sites excluding steroid dienone is 3. The van der Waals surface area contributed by atoms with Crippen LogP contribution in [0.5, 0.6) is 0 Å². The Bertz CT molecular complexity index is 2730. The Morgan fingerprint density at radius 1 is 0.577 bits per heavy atom. The topological polar surface area (TPSA) is 25.2 Å². The van der Waals surface area contributed by atoms with Crippen molar-refractivity contribution in [3.63, 3.8) is 0 Å². The van der Waals surface area contributed by atoms with Crippen LogP contribution in [0.4, 0.5) is 11.4 Å². The van der Waals surface area contributed by atoms with Crippen LogP contribution in [0.15, 0.2) is 179 Å². The Labute approximate surface area is 308 Å². The number of hydrogen-bond donors (Lipinski definition) is 1. The Balaban J connectivity index is 1.17. The minimum absolute atomic E-state index is 0.463. The van der Waals surface area contributed by atoms with Gasteiger partial charge in [-0.25, -0.2) is 0 Å². The van der Waals surface area contributed by atoms with Crippen molar-refractivity contribution in [2.45, 2.75) is 23.5 Å². The summed E-state index contributed by atoms with van der Waals surface area (Å²) in [7, 11) is 0. The molecule has 2 nitrogen and oxygen atoms in total. The largest absolute Gasteiger partial charge is 0.456 e. The van der Waals surface area contributed by atoms with Crippen LogP contribution >= 0.6 is 11.8 Å². The van der Waals surface area contributed by atoms with E-state index in [4.69, 9.17) is 4.42 Å². The third-order valence-corrected chi connectivity index (χ3v) is 11.8. The molecule has 52 heavy (non-hydrogen) atoms. The standard InChI is InChI=1S/C49H35NOS/c1-31-12-5-6-15-38(31)35-26-34(32-13-3-2-4-14-32)27-36(28-35)42-30-37(50-44-18-11-20-46-49(44)41-17-7-9-19-45(41)51-46)23-24-39(42)33-22-25-48-43(29-33)40-16-8-10-21-47(40)52-48/h2-24,26-30,48,50H,25H2,1H3. The normalized spacial score (nSPS) is 14.9. The number of thioether (sulfide) groups is 1. The second kappa shape index (κ2) is 12.6. The zero-order chi connectivity index (χ0) is 34.6. The number of rotatable bonds is 6. The SMILES string of the molecule is Cc1ccccc1-c1cc(-c2ccccc2)cc(-c2cc(Nc3cccc4oc5ccccc5c34)ccc2C2=CCC3Sc4ccccc4C3=C2)c1. The third-order valence-electron chi connectivity index (χ3n) is 10.5. The van der Waals surface area contributed by atoms with Crippen molar-refractivity contribution in [1.29, 1.82) is 0 Å². The average Bonchev–Trinajstić information content (AvgIpc) is 3.77. The maximum atomic E-state index is 6.25. The van der Waals surface area contributed by atoms with E-state index in [0.717, 1.165) is 39.7 Å². The summed E-state index contributed by atoms with van der Waals surface area (Å²) in [4.78, 5) is 1.38.